The predicted octanol–water partition coefficient (Wildman–Crippen LogP) is 6.65. The number of rotatable bonds is 9. The molecule has 2 aromatic rings. The van der Waals surface area contributed by atoms with Gasteiger partial charge in [-0.2, -0.15) is 5.26 Å². The van der Waals surface area contributed by atoms with Crippen LogP contribution in [0.4, 0.5) is 8.63 Å². The normalized spacial score (nSPS) is 18.9. The van der Waals surface area contributed by atoms with Gasteiger partial charge >= 0.3 is 14.5 Å². The van der Waals surface area contributed by atoms with Crippen LogP contribution in [0.25, 0.3) is 5.57 Å². The van der Waals surface area contributed by atoms with Crippen molar-refractivity contribution >= 4 is 31.3 Å². The van der Waals surface area contributed by atoms with Crippen LogP contribution in [0.2, 0.25) is 0 Å². The standard InChI is InChI=1S/C33H44B2F2N4O2/c1-12-26-20(3)30(39-22(26)5)28(31-21(4)27(13-2)23(6)41(31)35(36)37)19-40(11)18-25-16-24(17-38)14-15-29(25)34-42-32(7,8)33(9,10)43-34/h14-16H,12-13,18-19H2,1-11H3/b30-28-. The van der Waals surface area contributed by atoms with E-state index in [-0.39, 0.29) is 0 Å². The summed E-state index contributed by atoms with van der Waals surface area (Å²) in [5.74, 6) is 0. The lowest BCUT2D eigenvalue weighted by Gasteiger charge is -2.32. The van der Waals surface area contributed by atoms with Crippen LogP contribution in [0.15, 0.2) is 40.0 Å². The van der Waals surface area contributed by atoms with Gasteiger partial charge in [0.2, 0.25) is 0 Å². The molecule has 1 fully saturated rings. The highest BCUT2D eigenvalue weighted by Crippen LogP contribution is 2.39. The van der Waals surface area contributed by atoms with Gasteiger partial charge < -0.3 is 13.8 Å². The van der Waals surface area contributed by atoms with Gasteiger partial charge in [0.15, 0.2) is 0 Å². The van der Waals surface area contributed by atoms with Crippen molar-refractivity contribution in [3.05, 3.63) is 68.7 Å². The number of aliphatic imine (C=N–C) groups is 1. The van der Waals surface area contributed by atoms with E-state index in [1.54, 1.807) is 13.0 Å². The molecule has 10 heteroatoms. The van der Waals surface area contributed by atoms with Crippen LogP contribution in [0.3, 0.4) is 0 Å². The van der Waals surface area contributed by atoms with Crippen molar-refractivity contribution in [1.29, 1.82) is 5.26 Å². The van der Waals surface area contributed by atoms with E-state index < -0.39 is 25.7 Å². The summed E-state index contributed by atoms with van der Waals surface area (Å²) in [6.07, 6.45) is 1.48. The van der Waals surface area contributed by atoms with E-state index in [0.717, 1.165) is 56.7 Å². The number of allylic oxidation sites excluding steroid dienone is 2. The number of nitrogens with zero attached hydrogens (tertiary/aromatic N) is 4. The van der Waals surface area contributed by atoms with E-state index >= 15 is 0 Å². The van der Waals surface area contributed by atoms with Gasteiger partial charge in [0.25, 0.3) is 0 Å². The largest absolute Gasteiger partial charge is 0.677 e. The van der Waals surface area contributed by atoms with Gasteiger partial charge in [0.1, 0.15) is 0 Å². The molecule has 1 saturated heterocycles. The Balaban J connectivity index is 1.82. The number of aromatic nitrogens is 1. The SMILES string of the molecule is CCC1=C(C)/C(=C(\CN(C)Cc2cc(C#N)ccc2B2OC(C)(C)C(C)(C)O2)c2c(C)c(CC)c(C)n2B(F)F)N=C1C. The van der Waals surface area contributed by atoms with Gasteiger partial charge in [-0.05, 0) is 121 Å². The average molecular weight is 588 g/mol. The molecule has 0 unspecified atom stereocenters. The van der Waals surface area contributed by atoms with Gasteiger partial charge in [-0.1, -0.05) is 19.9 Å². The zero-order chi connectivity index (χ0) is 32.0. The van der Waals surface area contributed by atoms with E-state index in [1.807, 2.05) is 74.6 Å². The molecular formula is C33H44B2F2N4O2. The highest BCUT2D eigenvalue weighted by atomic mass is 19.2. The first-order valence-electron chi connectivity index (χ1n) is 15.1. The third-order valence-electron chi connectivity index (χ3n) is 9.49. The third-order valence-corrected chi connectivity index (χ3v) is 9.49. The Labute approximate surface area is 256 Å². The lowest BCUT2D eigenvalue weighted by molar-refractivity contribution is 0.00578. The molecule has 0 atom stereocenters. The van der Waals surface area contributed by atoms with Gasteiger partial charge in [-0.25, -0.2) is 0 Å². The first-order valence-corrected chi connectivity index (χ1v) is 15.1. The highest BCUT2D eigenvalue weighted by molar-refractivity contribution is 6.62. The Kier molecular flexibility index (Phi) is 9.33. The molecular weight excluding hydrogens is 544 g/mol. The van der Waals surface area contributed by atoms with Crippen molar-refractivity contribution in [1.82, 2.24) is 9.38 Å². The van der Waals surface area contributed by atoms with Crippen molar-refractivity contribution in [2.75, 3.05) is 13.6 Å². The molecule has 228 valence electrons. The number of halogens is 2. The van der Waals surface area contributed by atoms with Crippen LogP contribution in [0.1, 0.15) is 95.5 Å². The lowest BCUT2D eigenvalue weighted by atomic mass is 9.75. The molecule has 0 amide bonds. The maximum Gasteiger partial charge on any atom is 0.677 e. The molecule has 0 N–H and O–H groups in total. The van der Waals surface area contributed by atoms with E-state index in [1.165, 1.54) is 4.48 Å². The number of nitriles is 1. The number of likely N-dealkylation sites (N-methyl/N-ethyl adjacent to an activating group) is 1. The second-order valence-corrected chi connectivity index (χ2v) is 12.8. The molecule has 2 aliphatic heterocycles. The van der Waals surface area contributed by atoms with Crippen LogP contribution >= 0.6 is 0 Å². The molecule has 0 aliphatic carbocycles. The Bertz CT molecular complexity index is 1550. The van der Waals surface area contributed by atoms with Crippen molar-refractivity contribution < 1.29 is 17.9 Å². The van der Waals surface area contributed by atoms with Gasteiger partial charge in [-0.3, -0.25) is 18.5 Å². The smallest absolute Gasteiger partial charge is 0.399 e. The van der Waals surface area contributed by atoms with E-state index in [9.17, 15) is 13.9 Å². The molecule has 1 aromatic heterocycles. The van der Waals surface area contributed by atoms with Gasteiger partial charge in [0, 0.05) is 35.8 Å². The van der Waals surface area contributed by atoms with Crippen LogP contribution < -0.4 is 5.46 Å². The van der Waals surface area contributed by atoms with Gasteiger partial charge in [-0.15, -0.1) is 0 Å². The summed E-state index contributed by atoms with van der Waals surface area (Å²) < 4.78 is 43.4. The van der Waals surface area contributed by atoms with E-state index in [2.05, 4.69) is 17.9 Å². The fraction of sp³-hybridized carbons (Fsp3) is 0.515. The fourth-order valence-electron chi connectivity index (χ4n) is 6.48. The third kappa shape index (κ3) is 5.92. The predicted molar refractivity (Wildman–Crippen MR) is 173 cm³/mol. The minimum atomic E-state index is -2.68. The van der Waals surface area contributed by atoms with Crippen molar-refractivity contribution in [2.24, 2.45) is 4.99 Å². The molecule has 0 bridgehead atoms. The zero-order valence-corrected chi connectivity index (χ0v) is 27.6. The molecule has 3 heterocycles. The summed E-state index contributed by atoms with van der Waals surface area (Å²) in [5.41, 5.74) is 8.85. The summed E-state index contributed by atoms with van der Waals surface area (Å²) in [5, 5.41) is 9.70. The number of benzene rings is 1. The first-order chi connectivity index (χ1) is 20.1. The number of hydrogen-bond acceptors (Lipinski definition) is 5. The minimum Gasteiger partial charge on any atom is -0.399 e. The highest BCUT2D eigenvalue weighted by Gasteiger charge is 2.52. The Morgan fingerprint density at radius 3 is 2.21 bits per heavy atom. The number of hydrogen-bond donors (Lipinski definition) is 0. The fourth-order valence-corrected chi connectivity index (χ4v) is 6.48. The molecule has 0 radical (unpaired) electrons. The molecule has 0 spiro atoms. The molecule has 43 heavy (non-hydrogen) atoms. The van der Waals surface area contributed by atoms with E-state index in [0.29, 0.717) is 36.5 Å². The second-order valence-electron chi connectivity index (χ2n) is 12.8. The van der Waals surface area contributed by atoms with Gasteiger partial charge in [0.05, 0.1) is 28.5 Å². The Morgan fingerprint density at radius 1 is 1.07 bits per heavy atom. The summed E-state index contributed by atoms with van der Waals surface area (Å²) in [7, 11) is -1.30. The van der Waals surface area contributed by atoms with Crippen molar-refractivity contribution in [3.8, 4) is 6.07 Å². The zero-order valence-electron chi connectivity index (χ0n) is 27.6. The maximum absolute atomic E-state index is 14.7. The average Bonchev–Trinajstić information content (AvgIpc) is 3.44. The van der Waals surface area contributed by atoms with Crippen molar-refractivity contribution in [2.45, 2.75) is 99.8 Å². The molecule has 1 aromatic carbocycles. The monoisotopic (exact) mass is 588 g/mol. The lowest BCUT2D eigenvalue weighted by Crippen LogP contribution is -2.41. The van der Waals surface area contributed by atoms with Crippen molar-refractivity contribution in [3.63, 3.8) is 0 Å². The van der Waals surface area contributed by atoms with Crippen LogP contribution in [-0.2, 0) is 22.3 Å². The topological polar surface area (TPSA) is 62.8 Å². The molecule has 6 nitrogen and oxygen atoms in total. The summed E-state index contributed by atoms with van der Waals surface area (Å²) >= 11 is 0. The molecule has 4 rings (SSSR count). The summed E-state index contributed by atoms with van der Waals surface area (Å²) in [6.45, 7) is 20.7. The quantitative estimate of drug-likeness (QED) is 0.308. The Hall–Kier alpha value is -2.99. The summed E-state index contributed by atoms with van der Waals surface area (Å²) in [4.78, 5) is 7.06. The molecule has 2 aliphatic rings. The first kappa shape index (κ1) is 32.9. The van der Waals surface area contributed by atoms with Crippen LogP contribution in [0.5, 0.6) is 0 Å². The maximum atomic E-state index is 14.7. The summed E-state index contributed by atoms with van der Waals surface area (Å²) in [6, 6.07) is 7.80. The van der Waals surface area contributed by atoms with Crippen LogP contribution in [-0.4, -0.2) is 54.4 Å². The minimum absolute atomic E-state index is 0.375. The van der Waals surface area contributed by atoms with Crippen LogP contribution in [0, 0.1) is 25.2 Å². The molecule has 0 saturated carbocycles. The van der Waals surface area contributed by atoms with E-state index in [4.69, 9.17) is 14.3 Å². The Morgan fingerprint density at radius 2 is 1.70 bits per heavy atom. The second kappa shape index (κ2) is 12.2.